The molecule has 0 N–H and O–H groups in total. The minimum absolute atomic E-state index is 0.299. The molecule has 0 bridgehead atoms. The molecule has 100 valence electrons. The summed E-state index contributed by atoms with van der Waals surface area (Å²) in [5.74, 6) is 0.302. The van der Waals surface area contributed by atoms with Gasteiger partial charge in [-0.1, -0.05) is 23.7 Å². The van der Waals surface area contributed by atoms with Crippen LogP contribution < -0.4 is 0 Å². The van der Waals surface area contributed by atoms with Crippen LogP contribution in [0.5, 0.6) is 0 Å². The molecule has 3 rings (SSSR count). The Balaban J connectivity index is 2.17. The molecule has 0 atom stereocenters. The SMILES string of the molecule is Fc1ccc(-n2c(S)nnc2-c2cccc(Cl)c2)cc1. The number of hydrogen-bond acceptors (Lipinski definition) is 3. The van der Waals surface area contributed by atoms with Crippen LogP contribution >= 0.6 is 24.2 Å². The van der Waals surface area contributed by atoms with Crippen LogP contribution in [-0.4, -0.2) is 14.8 Å². The first-order chi connectivity index (χ1) is 9.65. The summed E-state index contributed by atoms with van der Waals surface area (Å²) in [5.41, 5.74) is 1.55. The molecule has 0 saturated heterocycles. The van der Waals surface area contributed by atoms with Crippen molar-refractivity contribution in [2.75, 3.05) is 0 Å². The number of nitrogens with zero attached hydrogens (tertiary/aromatic N) is 3. The van der Waals surface area contributed by atoms with Gasteiger partial charge in [-0.05, 0) is 36.4 Å². The summed E-state index contributed by atoms with van der Waals surface area (Å²) in [6.45, 7) is 0. The van der Waals surface area contributed by atoms with Crippen molar-refractivity contribution in [2.45, 2.75) is 5.16 Å². The van der Waals surface area contributed by atoms with Crippen LogP contribution in [0.25, 0.3) is 17.1 Å². The fraction of sp³-hybridized carbons (Fsp3) is 0. The fourth-order valence-electron chi connectivity index (χ4n) is 1.92. The molecule has 0 aliphatic rings. The van der Waals surface area contributed by atoms with E-state index >= 15 is 0 Å². The molecule has 2 aromatic carbocycles. The summed E-state index contributed by atoms with van der Waals surface area (Å²) in [5, 5.41) is 9.10. The Bertz CT molecular complexity index is 755. The van der Waals surface area contributed by atoms with E-state index in [-0.39, 0.29) is 5.82 Å². The summed E-state index contributed by atoms with van der Waals surface area (Å²) in [6.07, 6.45) is 0. The maximum Gasteiger partial charge on any atom is 0.193 e. The molecule has 0 unspecified atom stereocenters. The van der Waals surface area contributed by atoms with E-state index < -0.39 is 0 Å². The predicted octanol–water partition coefficient (Wildman–Crippen LogP) is 4.02. The van der Waals surface area contributed by atoms with E-state index in [1.54, 1.807) is 28.8 Å². The monoisotopic (exact) mass is 305 g/mol. The Kier molecular flexibility index (Phi) is 3.46. The second-order valence-electron chi connectivity index (χ2n) is 4.15. The third kappa shape index (κ3) is 2.42. The molecular weight excluding hydrogens is 297 g/mol. The second kappa shape index (κ2) is 5.26. The highest BCUT2D eigenvalue weighted by Gasteiger charge is 2.13. The highest BCUT2D eigenvalue weighted by molar-refractivity contribution is 7.80. The average molecular weight is 306 g/mol. The first kappa shape index (κ1) is 13.1. The van der Waals surface area contributed by atoms with Gasteiger partial charge in [0.25, 0.3) is 0 Å². The first-order valence-electron chi connectivity index (χ1n) is 5.81. The van der Waals surface area contributed by atoms with Gasteiger partial charge in [0.15, 0.2) is 11.0 Å². The van der Waals surface area contributed by atoms with Crippen LogP contribution in [0.4, 0.5) is 4.39 Å². The molecule has 0 saturated carbocycles. The molecule has 3 nitrogen and oxygen atoms in total. The van der Waals surface area contributed by atoms with Crippen molar-refractivity contribution < 1.29 is 4.39 Å². The van der Waals surface area contributed by atoms with Crippen LogP contribution in [0.15, 0.2) is 53.7 Å². The smallest absolute Gasteiger partial charge is 0.193 e. The largest absolute Gasteiger partial charge is 0.270 e. The molecule has 6 heteroatoms. The van der Waals surface area contributed by atoms with E-state index in [0.717, 1.165) is 11.3 Å². The number of aromatic nitrogens is 3. The molecule has 20 heavy (non-hydrogen) atoms. The molecule has 0 spiro atoms. The zero-order valence-corrected chi connectivity index (χ0v) is 11.8. The van der Waals surface area contributed by atoms with Gasteiger partial charge in [0.1, 0.15) is 5.82 Å². The minimum atomic E-state index is -0.299. The normalized spacial score (nSPS) is 10.8. The molecule has 0 radical (unpaired) electrons. The lowest BCUT2D eigenvalue weighted by atomic mass is 10.2. The topological polar surface area (TPSA) is 30.7 Å². The van der Waals surface area contributed by atoms with E-state index in [1.165, 1.54) is 12.1 Å². The van der Waals surface area contributed by atoms with Crippen molar-refractivity contribution in [3.05, 3.63) is 59.4 Å². The van der Waals surface area contributed by atoms with E-state index in [9.17, 15) is 4.39 Å². The molecule has 1 heterocycles. The van der Waals surface area contributed by atoms with E-state index in [2.05, 4.69) is 22.8 Å². The van der Waals surface area contributed by atoms with Crippen LogP contribution in [0.2, 0.25) is 5.02 Å². The quantitative estimate of drug-likeness (QED) is 0.725. The number of rotatable bonds is 2. The zero-order valence-electron chi connectivity index (χ0n) is 10.2. The number of hydrogen-bond donors (Lipinski definition) is 1. The summed E-state index contributed by atoms with van der Waals surface area (Å²) >= 11 is 10.3. The summed E-state index contributed by atoms with van der Waals surface area (Å²) < 4.78 is 14.8. The van der Waals surface area contributed by atoms with Crippen LogP contribution in [0, 0.1) is 5.82 Å². The van der Waals surface area contributed by atoms with Gasteiger partial charge in [-0.3, -0.25) is 4.57 Å². The van der Waals surface area contributed by atoms with Gasteiger partial charge in [0, 0.05) is 16.3 Å². The van der Waals surface area contributed by atoms with Gasteiger partial charge in [-0.15, -0.1) is 22.8 Å². The van der Waals surface area contributed by atoms with Gasteiger partial charge in [-0.25, -0.2) is 4.39 Å². The number of benzene rings is 2. The Labute approximate surface area is 125 Å². The van der Waals surface area contributed by atoms with Crippen molar-refractivity contribution in [2.24, 2.45) is 0 Å². The van der Waals surface area contributed by atoms with Crippen LogP contribution in [0.3, 0.4) is 0 Å². The third-order valence-electron chi connectivity index (χ3n) is 2.81. The van der Waals surface area contributed by atoms with Crippen LogP contribution in [-0.2, 0) is 0 Å². The maximum atomic E-state index is 13.0. The predicted molar refractivity (Wildman–Crippen MR) is 79.0 cm³/mol. The lowest BCUT2D eigenvalue weighted by molar-refractivity contribution is 0.627. The Hall–Kier alpha value is -1.85. The van der Waals surface area contributed by atoms with Gasteiger partial charge in [0.2, 0.25) is 0 Å². The van der Waals surface area contributed by atoms with E-state index in [0.29, 0.717) is 16.0 Å². The standard InChI is InChI=1S/C14H9ClFN3S/c15-10-3-1-2-9(8-10)13-17-18-14(20)19(13)12-6-4-11(16)5-7-12/h1-8H,(H,18,20). The first-order valence-corrected chi connectivity index (χ1v) is 6.64. The fourth-order valence-corrected chi connectivity index (χ4v) is 2.36. The molecule has 0 fully saturated rings. The summed E-state index contributed by atoms with van der Waals surface area (Å²) in [6, 6.07) is 13.3. The van der Waals surface area contributed by atoms with Gasteiger partial charge < -0.3 is 0 Å². The number of halogens is 2. The van der Waals surface area contributed by atoms with Crippen molar-refractivity contribution in [3.8, 4) is 17.1 Å². The van der Waals surface area contributed by atoms with E-state index in [1.807, 2.05) is 12.1 Å². The van der Waals surface area contributed by atoms with Crippen LogP contribution in [0.1, 0.15) is 0 Å². The van der Waals surface area contributed by atoms with E-state index in [4.69, 9.17) is 11.6 Å². The van der Waals surface area contributed by atoms with Crippen molar-refractivity contribution in [1.82, 2.24) is 14.8 Å². The van der Waals surface area contributed by atoms with Crippen molar-refractivity contribution in [1.29, 1.82) is 0 Å². The Morgan fingerprint density at radius 1 is 1.05 bits per heavy atom. The molecule has 3 aromatic rings. The minimum Gasteiger partial charge on any atom is -0.270 e. The lowest BCUT2D eigenvalue weighted by Crippen LogP contribution is -1.98. The average Bonchev–Trinajstić information content (AvgIpc) is 2.82. The van der Waals surface area contributed by atoms with Crippen molar-refractivity contribution >= 4 is 24.2 Å². The lowest BCUT2D eigenvalue weighted by Gasteiger charge is -2.08. The van der Waals surface area contributed by atoms with Gasteiger partial charge in [-0.2, -0.15) is 0 Å². The molecule has 1 aromatic heterocycles. The summed E-state index contributed by atoms with van der Waals surface area (Å²) in [7, 11) is 0. The highest BCUT2D eigenvalue weighted by atomic mass is 35.5. The summed E-state index contributed by atoms with van der Waals surface area (Å²) in [4.78, 5) is 0. The molecule has 0 amide bonds. The maximum absolute atomic E-state index is 13.0. The zero-order chi connectivity index (χ0) is 14.1. The van der Waals surface area contributed by atoms with Gasteiger partial charge >= 0.3 is 0 Å². The Morgan fingerprint density at radius 2 is 1.80 bits per heavy atom. The van der Waals surface area contributed by atoms with Gasteiger partial charge in [0.05, 0.1) is 0 Å². The third-order valence-corrected chi connectivity index (χ3v) is 3.34. The second-order valence-corrected chi connectivity index (χ2v) is 4.98. The van der Waals surface area contributed by atoms with Crippen molar-refractivity contribution in [3.63, 3.8) is 0 Å². The molecular formula is C14H9ClFN3S. The molecule has 0 aliphatic heterocycles. The highest BCUT2D eigenvalue weighted by Crippen LogP contribution is 2.26. The number of thiol groups is 1. The Morgan fingerprint density at radius 3 is 2.50 bits per heavy atom. The molecule has 0 aliphatic carbocycles.